The minimum Gasteiger partial charge on any atom is -0.388 e. The monoisotopic (exact) mass is 132 g/mol. The summed E-state index contributed by atoms with van der Waals surface area (Å²) in [6, 6.07) is 0. The molecular formula is C5H8O2S. The van der Waals surface area contributed by atoms with Crippen LogP contribution in [0.5, 0.6) is 0 Å². The van der Waals surface area contributed by atoms with Crippen LogP contribution in [0.1, 0.15) is 6.42 Å². The Morgan fingerprint density at radius 3 is 2.88 bits per heavy atom. The molecule has 1 atom stereocenters. The smallest absolute Gasteiger partial charge is 0.0879 e. The molecule has 0 aromatic rings. The molecule has 0 aromatic carbocycles. The summed E-state index contributed by atoms with van der Waals surface area (Å²) in [5.74, 6) is 0. The van der Waals surface area contributed by atoms with Gasteiger partial charge < -0.3 is 5.11 Å². The first-order valence-electron chi connectivity index (χ1n) is 2.22. The van der Waals surface area contributed by atoms with E-state index in [1.54, 1.807) is 6.08 Å². The third-order valence-corrected chi connectivity index (χ3v) is 1.05. The topological polar surface area (TPSA) is 37.3 Å². The Kier molecular flexibility index (Phi) is 4.50. The molecule has 8 heavy (non-hydrogen) atoms. The van der Waals surface area contributed by atoms with Gasteiger partial charge in [0, 0.05) is 5.37 Å². The largest absolute Gasteiger partial charge is 0.388 e. The van der Waals surface area contributed by atoms with Gasteiger partial charge in [-0.3, -0.25) is 0 Å². The van der Waals surface area contributed by atoms with Crippen molar-refractivity contribution >= 4 is 16.6 Å². The van der Waals surface area contributed by atoms with Gasteiger partial charge in [-0.05, 0) is 6.42 Å². The normalized spacial score (nSPS) is 12.1. The predicted molar refractivity (Wildman–Crippen MR) is 35.0 cm³/mol. The van der Waals surface area contributed by atoms with Crippen LogP contribution in [0.2, 0.25) is 0 Å². The van der Waals surface area contributed by atoms with Crippen LogP contribution in [0.4, 0.5) is 0 Å². The molecule has 0 fully saturated rings. The van der Waals surface area contributed by atoms with E-state index in [0.29, 0.717) is 6.42 Å². The van der Waals surface area contributed by atoms with Gasteiger partial charge in [0.15, 0.2) is 0 Å². The van der Waals surface area contributed by atoms with Crippen molar-refractivity contribution in [2.45, 2.75) is 12.5 Å². The van der Waals surface area contributed by atoms with Crippen LogP contribution in [0.15, 0.2) is 12.7 Å². The zero-order valence-electron chi connectivity index (χ0n) is 4.41. The standard InChI is InChI=1S/C5H8O2S/c1-2-3-5(6)4-8-7/h2,4-6H,1,3H2. The molecule has 0 heterocycles. The fourth-order valence-corrected chi connectivity index (χ4v) is 0.530. The van der Waals surface area contributed by atoms with Crippen molar-refractivity contribution in [1.29, 1.82) is 0 Å². The number of aliphatic hydroxyl groups excluding tert-OH is 1. The summed E-state index contributed by atoms with van der Waals surface area (Å²) in [6.07, 6.45) is 1.39. The molecule has 0 radical (unpaired) electrons. The summed E-state index contributed by atoms with van der Waals surface area (Å²) in [6.45, 7) is 3.39. The summed E-state index contributed by atoms with van der Waals surface area (Å²) in [5.41, 5.74) is 0. The van der Waals surface area contributed by atoms with Crippen molar-refractivity contribution in [3.8, 4) is 0 Å². The number of hydrogen-bond donors (Lipinski definition) is 1. The molecule has 46 valence electrons. The van der Waals surface area contributed by atoms with Crippen molar-refractivity contribution in [1.82, 2.24) is 0 Å². The Morgan fingerprint density at radius 2 is 2.50 bits per heavy atom. The molecule has 0 aliphatic heterocycles. The van der Waals surface area contributed by atoms with Crippen molar-refractivity contribution in [3.63, 3.8) is 0 Å². The highest BCUT2D eigenvalue weighted by atomic mass is 32.1. The van der Waals surface area contributed by atoms with Crippen molar-refractivity contribution in [3.05, 3.63) is 12.7 Å². The van der Waals surface area contributed by atoms with E-state index in [1.807, 2.05) is 0 Å². The second-order valence-corrected chi connectivity index (χ2v) is 1.79. The van der Waals surface area contributed by atoms with Gasteiger partial charge in [-0.15, -0.1) is 6.58 Å². The Balaban J connectivity index is 3.46. The summed E-state index contributed by atoms with van der Waals surface area (Å²) < 4.78 is 9.68. The summed E-state index contributed by atoms with van der Waals surface area (Å²) in [5, 5.41) is 9.93. The molecule has 0 saturated heterocycles. The fraction of sp³-hybridized carbons (Fsp3) is 0.400. The van der Waals surface area contributed by atoms with Crippen LogP contribution in [-0.2, 0) is 11.3 Å². The average Bonchev–Trinajstić information content (AvgIpc) is 1.68. The number of hydrogen-bond acceptors (Lipinski definition) is 2. The lowest BCUT2D eigenvalue weighted by Crippen LogP contribution is -2.04. The third kappa shape index (κ3) is 3.77. The summed E-state index contributed by atoms with van der Waals surface area (Å²) in [7, 11) is 0. The van der Waals surface area contributed by atoms with E-state index in [0.717, 1.165) is 0 Å². The molecule has 0 spiro atoms. The molecule has 0 aliphatic rings. The van der Waals surface area contributed by atoms with E-state index >= 15 is 0 Å². The zero-order chi connectivity index (χ0) is 6.41. The van der Waals surface area contributed by atoms with Gasteiger partial charge in [-0.25, -0.2) is 4.21 Å². The highest BCUT2D eigenvalue weighted by Crippen LogP contribution is 1.84. The predicted octanol–water partition coefficient (Wildman–Crippen LogP) is -0.0614. The van der Waals surface area contributed by atoms with E-state index in [1.165, 1.54) is 5.37 Å². The Bertz CT molecular complexity index is 116. The quantitative estimate of drug-likeness (QED) is 0.431. The second kappa shape index (κ2) is 4.74. The van der Waals surface area contributed by atoms with Gasteiger partial charge in [0.1, 0.15) is 0 Å². The maximum absolute atomic E-state index is 9.68. The van der Waals surface area contributed by atoms with Gasteiger partial charge in [-0.1, -0.05) is 6.08 Å². The third-order valence-electron chi connectivity index (χ3n) is 0.621. The van der Waals surface area contributed by atoms with E-state index in [-0.39, 0.29) is 11.3 Å². The van der Waals surface area contributed by atoms with E-state index in [9.17, 15) is 4.21 Å². The molecule has 2 nitrogen and oxygen atoms in total. The second-order valence-electron chi connectivity index (χ2n) is 1.32. The molecule has 1 N–H and O–H groups in total. The zero-order valence-corrected chi connectivity index (χ0v) is 5.23. The van der Waals surface area contributed by atoms with Crippen LogP contribution >= 0.6 is 0 Å². The average molecular weight is 132 g/mol. The molecule has 3 heteroatoms. The van der Waals surface area contributed by atoms with Gasteiger partial charge in [0.2, 0.25) is 0 Å². The maximum atomic E-state index is 9.68. The minimum absolute atomic E-state index is 0.277. The van der Waals surface area contributed by atoms with Gasteiger partial charge >= 0.3 is 0 Å². The molecule has 0 rings (SSSR count). The first-order valence-corrected chi connectivity index (χ1v) is 3.02. The molecule has 1 unspecified atom stereocenters. The Labute approximate surface area is 51.9 Å². The van der Waals surface area contributed by atoms with Gasteiger partial charge in [-0.2, -0.15) is 0 Å². The van der Waals surface area contributed by atoms with Gasteiger partial charge in [0.05, 0.1) is 17.4 Å². The maximum Gasteiger partial charge on any atom is 0.0879 e. The molecule has 0 amide bonds. The summed E-state index contributed by atoms with van der Waals surface area (Å²) >= 11 is 0.277. The summed E-state index contributed by atoms with van der Waals surface area (Å²) in [4.78, 5) is 0. The van der Waals surface area contributed by atoms with E-state index in [2.05, 4.69) is 6.58 Å². The number of rotatable bonds is 3. The van der Waals surface area contributed by atoms with Crippen LogP contribution < -0.4 is 0 Å². The molecule has 0 aromatic heterocycles. The lowest BCUT2D eigenvalue weighted by molar-refractivity contribution is 0.252. The van der Waals surface area contributed by atoms with E-state index in [4.69, 9.17) is 5.11 Å². The molecule has 0 aliphatic carbocycles. The van der Waals surface area contributed by atoms with Crippen LogP contribution in [0.25, 0.3) is 0 Å². The fourth-order valence-electron chi connectivity index (χ4n) is 0.290. The molecule has 0 saturated carbocycles. The van der Waals surface area contributed by atoms with Gasteiger partial charge in [0.25, 0.3) is 0 Å². The SMILES string of the molecule is C=CCC(O)C=S=O. The lowest BCUT2D eigenvalue weighted by Gasteiger charge is -1.93. The highest BCUT2D eigenvalue weighted by molar-refractivity contribution is 7.64. The molecule has 0 bridgehead atoms. The highest BCUT2D eigenvalue weighted by Gasteiger charge is 1.91. The minimum atomic E-state index is -0.630. The van der Waals surface area contributed by atoms with Crippen LogP contribution in [-0.4, -0.2) is 20.8 Å². The Hall–Kier alpha value is -0.410. The van der Waals surface area contributed by atoms with Crippen LogP contribution in [0, 0.1) is 0 Å². The molecular weight excluding hydrogens is 124 g/mol. The van der Waals surface area contributed by atoms with Crippen LogP contribution in [0.3, 0.4) is 0 Å². The van der Waals surface area contributed by atoms with E-state index < -0.39 is 6.10 Å². The first kappa shape index (κ1) is 7.59. The first-order chi connectivity index (χ1) is 3.81. The lowest BCUT2D eigenvalue weighted by atomic mass is 10.3. The van der Waals surface area contributed by atoms with Crippen molar-refractivity contribution in [2.24, 2.45) is 0 Å². The van der Waals surface area contributed by atoms with Crippen molar-refractivity contribution in [2.75, 3.05) is 0 Å². The number of aliphatic hydroxyl groups is 1. The van der Waals surface area contributed by atoms with Crippen molar-refractivity contribution < 1.29 is 9.32 Å². The Morgan fingerprint density at radius 1 is 1.88 bits per heavy atom.